The molecule has 0 radical (unpaired) electrons. The Bertz CT molecular complexity index is 556. The van der Waals surface area contributed by atoms with Gasteiger partial charge in [-0.2, -0.15) is 0 Å². The highest BCUT2D eigenvalue weighted by atomic mass is 19.1. The predicted octanol–water partition coefficient (Wildman–Crippen LogP) is 3.86. The SMILES string of the molecule is Cc1ccccc1OCCNC(C)c1ccccc1F. The molecule has 0 fully saturated rings. The lowest BCUT2D eigenvalue weighted by atomic mass is 10.1. The fraction of sp³-hybridized carbons (Fsp3) is 0.294. The molecule has 106 valence electrons. The van der Waals surface area contributed by atoms with E-state index in [1.165, 1.54) is 6.07 Å². The van der Waals surface area contributed by atoms with Crippen LogP contribution in [0, 0.1) is 12.7 Å². The summed E-state index contributed by atoms with van der Waals surface area (Å²) in [6, 6.07) is 14.7. The second-order valence-corrected chi connectivity index (χ2v) is 4.81. The minimum Gasteiger partial charge on any atom is -0.492 e. The lowest BCUT2D eigenvalue weighted by Crippen LogP contribution is -2.25. The van der Waals surface area contributed by atoms with E-state index >= 15 is 0 Å². The Hall–Kier alpha value is -1.87. The fourth-order valence-corrected chi connectivity index (χ4v) is 2.09. The molecule has 2 aromatic rings. The number of hydrogen-bond acceptors (Lipinski definition) is 2. The van der Waals surface area contributed by atoms with E-state index in [4.69, 9.17) is 4.74 Å². The van der Waals surface area contributed by atoms with E-state index in [2.05, 4.69) is 5.32 Å². The molecular formula is C17H20FNO. The lowest BCUT2D eigenvalue weighted by molar-refractivity contribution is 0.305. The molecule has 1 N–H and O–H groups in total. The summed E-state index contributed by atoms with van der Waals surface area (Å²) in [5, 5.41) is 3.26. The Kier molecular flexibility index (Phi) is 5.13. The van der Waals surface area contributed by atoms with Crippen LogP contribution >= 0.6 is 0 Å². The molecule has 0 aromatic heterocycles. The van der Waals surface area contributed by atoms with Crippen LogP contribution in [0.4, 0.5) is 4.39 Å². The van der Waals surface area contributed by atoms with Gasteiger partial charge in [0, 0.05) is 18.2 Å². The van der Waals surface area contributed by atoms with Crippen molar-refractivity contribution in [3.8, 4) is 5.75 Å². The molecule has 0 saturated carbocycles. The first-order chi connectivity index (χ1) is 9.68. The molecule has 0 amide bonds. The second kappa shape index (κ2) is 7.06. The molecule has 0 aliphatic carbocycles. The van der Waals surface area contributed by atoms with Crippen molar-refractivity contribution in [1.82, 2.24) is 5.32 Å². The average Bonchev–Trinajstić information content (AvgIpc) is 2.45. The first-order valence-electron chi connectivity index (χ1n) is 6.84. The van der Waals surface area contributed by atoms with Crippen LogP contribution in [-0.4, -0.2) is 13.2 Å². The van der Waals surface area contributed by atoms with Crippen molar-refractivity contribution in [1.29, 1.82) is 0 Å². The third-order valence-electron chi connectivity index (χ3n) is 3.28. The molecule has 2 nitrogen and oxygen atoms in total. The van der Waals surface area contributed by atoms with Crippen LogP contribution in [0.1, 0.15) is 24.1 Å². The van der Waals surface area contributed by atoms with Gasteiger partial charge in [-0.25, -0.2) is 4.39 Å². The summed E-state index contributed by atoms with van der Waals surface area (Å²) >= 11 is 0. The first-order valence-corrected chi connectivity index (χ1v) is 6.84. The number of para-hydroxylation sites is 1. The highest BCUT2D eigenvalue weighted by Gasteiger charge is 2.09. The Morgan fingerprint density at radius 2 is 1.80 bits per heavy atom. The maximum absolute atomic E-state index is 13.6. The van der Waals surface area contributed by atoms with Gasteiger partial charge in [0.1, 0.15) is 18.2 Å². The molecule has 0 bridgehead atoms. The third kappa shape index (κ3) is 3.81. The van der Waals surface area contributed by atoms with E-state index in [0.29, 0.717) is 18.7 Å². The van der Waals surface area contributed by atoms with Gasteiger partial charge < -0.3 is 10.1 Å². The fourth-order valence-electron chi connectivity index (χ4n) is 2.09. The summed E-state index contributed by atoms with van der Waals surface area (Å²) in [4.78, 5) is 0. The number of rotatable bonds is 6. The maximum atomic E-state index is 13.6. The van der Waals surface area contributed by atoms with Crippen LogP contribution in [0.25, 0.3) is 0 Å². The van der Waals surface area contributed by atoms with Crippen molar-refractivity contribution in [3.05, 3.63) is 65.5 Å². The maximum Gasteiger partial charge on any atom is 0.127 e. The van der Waals surface area contributed by atoms with E-state index in [9.17, 15) is 4.39 Å². The van der Waals surface area contributed by atoms with Gasteiger partial charge >= 0.3 is 0 Å². The van der Waals surface area contributed by atoms with E-state index < -0.39 is 0 Å². The van der Waals surface area contributed by atoms with Crippen molar-refractivity contribution in [2.75, 3.05) is 13.2 Å². The smallest absolute Gasteiger partial charge is 0.127 e. The number of nitrogens with one attached hydrogen (secondary N) is 1. The molecule has 3 heteroatoms. The highest BCUT2D eigenvalue weighted by Crippen LogP contribution is 2.17. The van der Waals surface area contributed by atoms with Crippen molar-refractivity contribution >= 4 is 0 Å². The lowest BCUT2D eigenvalue weighted by Gasteiger charge is -2.15. The third-order valence-corrected chi connectivity index (χ3v) is 3.28. The highest BCUT2D eigenvalue weighted by molar-refractivity contribution is 5.31. The minimum atomic E-state index is -0.174. The molecule has 0 aliphatic rings. The summed E-state index contributed by atoms with van der Waals surface area (Å²) in [5.41, 5.74) is 1.80. The summed E-state index contributed by atoms with van der Waals surface area (Å²) in [6.07, 6.45) is 0. The van der Waals surface area contributed by atoms with Crippen LogP contribution in [0.5, 0.6) is 5.75 Å². The van der Waals surface area contributed by atoms with E-state index in [-0.39, 0.29) is 11.9 Å². The molecule has 0 spiro atoms. The van der Waals surface area contributed by atoms with Gasteiger partial charge in [-0.05, 0) is 31.5 Å². The van der Waals surface area contributed by atoms with Crippen LogP contribution in [-0.2, 0) is 0 Å². The van der Waals surface area contributed by atoms with Crippen molar-refractivity contribution in [3.63, 3.8) is 0 Å². The van der Waals surface area contributed by atoms with Crippen molar-refractivity contribution < 1.29 is 9.13 Å². The first kappa shape index (κ1) is 14.5. The molecule has 20 heavy (non-hydrogen) atoms. The number of hydrogen-bond donors (Lipinski definition) is 1. The molecule has 2 aromatic carbocycles. The normalized spacial score (nSPS) is 12.2. The number of ether oxygens (including phenoxy) is 1. The Balaban J connectivity index is 1.79. The zero-order chi connectivity index (χ0) is 14.4. The van der Waals surface area contributed by atoms with Crippen LogP contribution in [0.2, 0.25) is 0 Å². The Labute approximate surface area is 119 Å². The van der Waals surface area contributed by atoms with Gasteiger partial charge in [-0.15, -0.1) is 0 Å². The van der Waals surface area contributed by atoms with Crippen LogP contribution < -0.4 is 10.1 Å². The van der Waals surface area contributed by atoms with Gasteiger partial charge in [0.25, 0.3) is 0 Å². The summed E-state index contributed by atoms with van der Waals surface area (Å²) in [7, 11) is 0. The molecule has 1 unspecified atom stereocenters. The molecular weight excluding hydrogens is 253 g/mol. The number of aryl methyl sites for hydroxylation is 1. The van der Waals surface area contributed by atoms with Gasteiger partial charge in [-0.1, -0.05) is 36.4 Å². The zero-order valence-corrected chi connectivity index (χ0v) is 11.9. The Morgan fingerprint density at radius 3 is 2.55 bits per heavy atom. The minimum absolute atomic E-state index is 0.0309. The van der Waals surface area contributed by atoms with E-state index in [1.807, 2.05) is 44.2 Å². The van der Waals surface area contributed by atoms with Gasteiger partial charge in [0.05, 0.1) is 0 Å². The van der Waals surface area contributed by atoms with Gasteiger partial charge in [0.2, 0.25) is 0 Å². The van der Waals surface area contributed by atoms with Crippen LogP contribution in [0.3, 0.4) is 0 Å². The molecule has 1 atom stereocenters. The Morgan fingerprint density at radius 1 is 1.10 bits per heavy atom. The molecule has 0 saturated heterocycles. The van der Waals surface area contributed by atoms with Crippen molar-refractivity contribution in [2.24, 2.45) is 0 Å². The standard InChI is InChI=1S/C17H20FNO/c1-13-7-3-6-10-17(13)20-12-11-19-14(2)15-8-4-5-9-16(15)18/h3-10,14,19H,11-12H2,1-2H3. The van der Waals surface area contributed by atoms with E-state index in [1.54, 1.807) is 12.1 Å². The molecule has 2 rings (SSSR count). The largest absolute Gasteiger partial charge is 0.492 e. The topological polar surface area (TPSA) is 21.3 Å². The quantitative estimate of drug-likeness (QED) is 0.807. The zero-order valence-electron chi connectivity index (χ0n) is 11.9. The predicted molar refractivity (Wildman–Crippen MR) is 79.5 cm³/mol. The van der Waals surface area contributed by atoms with Crippen LogP contribution in [0.15, 0.2) is 48.5 Å². The molecule has 0 heterocycles. The molecule has 0 aliphatic heterocycles. The number of halogens is 1. The summed E-state index contributed by atoms with van der Waals surface area (Å²) < 4.78 is 19.3. The second-order valence-electron chi connectivity index (χ2n) is 4.81. The van der Waals surface area contributed by atoms with Gasteiger partial charge in [-0.3, -0.25) is 0 Å². The average molecular weight is 273 g/mol. The van der Waals surface area contributed by atoms with Crippen molar-refractivity contribution in [2.45, 2.75) is 19.9 Å². The van der Waals surface area contributed by atoms with E-state index in [0.717, 1.165) is 11.3 Å². The van der Waals surface area contributed by atoms with Gasteiger partial charge in [0.15, 0.2) is 0 Å². The number of benzene rings is 2. The summed E-state index contributed by atoms with van der Waals surface area (Å²) in [6.45, 7) is 5.20. The monoisotopic (exact) mass is 273 g/mol. The summed E-state index contributed by atoms with van der Waals surface area (Å²) in [5.74, 6) is 0.722.